The monoisotopic (exact) mass is 465 g/mol. The summed E-state index contributed by atoms with van der Waals surface area (Å²) in [6, 6.07) is 8.85. The van der Waals surface area contributed by atoms with Crippen LogP contribution in [0.1, 0.15) is 53.0 Å². The lowest BCUT2D eigenvalue weighted by Gasteiger charge is -2.32. The second kappa shape index (κ2) is 11.0. The summed E-state index contributed by atoms with van der Waals surface area (Å²) in [5.41, 5.74) is 1.18. The molecule has 1 fully saturated rings. The SMILES string of the molecule is COc1ccc(C(=O)N2CCC(CCCCNC(=O)c3cc4ccncc4o3)CC2)c(OC)c1. The number of piperidine rings is 1. The average molecular weight is 466 g/mol. The smallest absolute Gasteiger partial charge is 0.287 e. The van der Waals surface area contributed by atoms with E-state index in [9.17, 15) is 9.59 Å². The van der Waals surface area contributed by atoms with Gasteiger partial charge in [-0.2, -0.15) is 0 Å². The van der Waals surface area contributed by atoms with Crippen molar-refractivity contribution in [2.75, 3.05) is 33.9 Å². The number of benzene rings is 1. The highest BCUT2D eigenvalue weighted by molar-refractivity contribution is 5.97. The van der Waals surface area contributed by atoms with E-state index >= 15 is 0 Å². The lowest BCUT2D eigenvalue weighted by Crippen LogP contribution is -2.38. The first-order valence-electron chi connectivity index (χ1n) is 11.7. The van der Waals surface area contributed by atoms with Gasteiger partial charge in [0, 0.05) is 37.3 Å². The molecule has 0 saturated carbocycles. The van der Waals surface area contributed by atoms with Crippen molar-refractivity contribution in [3.05, 3.63) is 54.0 Å². The Bertz CT molecular complexity index is 1100. The summed E-state index contributed by atoms with van der Waals surface area (Å²) >= 11 is 0. The number of aromatic nitrogens is 1. The molecule has 3 aromatic rings. The Morgan fingerprint density at radius 2 is 1.94 bits per heavy atom. The van der Waals surface area contributed by atoms with Gasteiger partial charge < -0.3 is 24.1 Å². The van der Waals surface area contributed by atoms with Gasteiger partial charge in [-0.05, 0) is 49.4 Å². The van der Waals surface area contributed by atoms with Crippen LogP contribution >= 0.6 is 0 Å². The molecule has 2 aromatic heterocycles. The predicted molar refractivity (Wildman–Crippen MR) is 128 cm³/mol. The number of hydrogen-bond donors (Lipinski definition) is 1. The fourth-order valence-electron chi connectivity index (χ4n) is 4.41. The van der Waals surface area contributed by atoms with Crippen LogP contribution in [0.4, 0.5) is 0 Å². The molecule has 0 spiro atoms. The van der Waals surface area contributed by atoms with Gasteiger partial charge in [0.1, 0.15) is 11.5 Å². The standard InChI is InChI=1S/C26H31N3O5/c1-32-20-6-7-21(22(16-20)33-2)26(31)29-13-9-18(10-14-29)5-3-4-11-28-25(30)23-15-19-8-12-27-17-24(19)34-23/h6-8,12,15-18H,3-5,9-11,13-14H2,1-2H3,(H,28,30). The summed E-state index contributed by atoms with van der Waals surface area (Å²) < 4.78 is 16.2. The third-order valence-electron chi connectivity index (χ3n) is 6.41. The van der Waals surface area contributed by atoms with E-state index in [4.69, 9.17) is 13.9 Å². The topological polar surface area (TPSA) is 93.9 Å². The summed E-state index contributed by atoms with van der Waals surface area (Å²) in [6.07, 6.45) is 8.31. The van der Waals surface area contributed by atoms with Gasteiger partial charge in [-0.1, -0.05) is 12.8 Å². The number of carbonyl (C=O) groups is 2. The van der Waals surface area contributed by atoms with Crippen LogP contribution in [0.5, 0.6) is 11.5 Å². The Labute approximate surface area is 199 Å². The zero-order chi connectivity index (χ0) is 23.9. The molecule has 2 amide bonds. The number of furan rings is 1. The van der Waals surface area contributed by atoms with Crippen LogP contribution in [-0.2, 0) is 0 Å². The van der Waals surface area contributed by atoms with Crippen LogP contribution < -0.4 is 14.8 Å². The van der Waals surface area contributed by atoms with E-state index in [1.165, 1.54) is 0 Å². The minimum absolute atomic E-state index is 0.00188. The number of ether oxygens (including phenoxy) is 2. The van der Waals surface area contributed by atoms with E-state index in [0.29, 0.717) is 40.9 Å². The molecule has 1 aromatic carbocycles. The molecule has 8 heteroatoms. The molecule has 0 atom stereocenters. The van der Waals surface area contributed by atoms with E-state index in [1.807, 2.05) is 11.0 Å². The zero-order valence-electron chi connectivity index (χ0n) is 19.7. The van der Waals surface area contributed by atoms with Gasteiger partial charge in [-0.3, -0.25) is 14.6 Å². The number of unbranched alkanes of at least 4 members (excludes halogenated alkanes) is 1. The van der Waals surface area contributed by atoms with Crippen LogP contribution in [0.25, 0.3) is 11.0 Å². The fourth-order valence-corrected chi connectivity index (χ4v) is 4.41. The zero-order valence-corrected chi connectivity index (χ0v) is 19.7. The molecule has 0 unspecified atom stereocenters. The van der Waals surface area contributed by atoms with E-state index < -0.39 is 0 Å². The van der Waals surface area contributed by atoms with Gasteiger partial charge in [-0.25, -0.2) is 0 Å². The van der Waals surface area contributed by atoms with Gasteiger partial charge in [0.15, 0.2) is 11.3 Å². The Balaban J connectivity index is 1.16. The van der Waals surface area contributed by atoms with E-state index in [1.54, 1.807) is 50.9 Å². The predicted octanol–water partition coefficient (Wildman–Crippen LogP) is 4.30. The number of fused-ring (bicyclic) bond motifs is 1. The van der Waals surface area contributed by atoms with Crippen LogP contribution in [0.3, 0.4) is 0 Å². The number of hydrogen-bond acceptors (Lipinski definition) is 6. The molecule has 4 rings (SSSR count). The maximum absolute atomic E-state index is 13.0. The van der Waals surface area contributed by atoms with Crippen molar-refractivity contribution in [3.63, 3.8) is 0 Å². The summed E-state index contributed by atoms with van der Waals surface area (Å²) in [7, 11) is 3.15. The third-order valence-corrected chi connectivity index (χ3v) is 6.41. The van der Waals surface area contributed by atoms with Gasteiger partial charge in [0.05, 0.1) is 26.0 Å². The average Bonchev–Trinajstić information content (AvgIpc) is 3.32. The first kappa shape index (κ1) is 23.6. The van der Waals surface area contributed by atoms with Crippen LogP contribution in [-0.4, -0.2) is 55.6 Å². The number of carbonyl (C=O) groups excluding carboxylic acids is 2. The van der Waals surface area contributed by atoms with Crippen LogP contribution in [0.2, 0.25) is 0 Å². The highest BCUT2D eigenvalue weighted by atomic mass is 16.5. The molecule has 34 heavy (non-hydrogen) atoms. The van der Waals surface area contributed by atoms with Crippen molar-refractivity contribution in [2.45, 2.75) is 32.1 Å². The van der Waals surface area contributed by atoms with Crippen molar-refractivity contribution in [2.24, 2.45) is 5.92 Å². The molecule has 3 heterocycles. The molecule has 0 aliphatic carbocycles. The van der Waals surface area contributed by atoms with Crippen LogP contribution in [0, 0.1) is 5.92 Å². The van der Waals surface area contributed by atoms with Gasteiger partial charge in [-0.15, -0.1) is 0 Å². The molecule has 1 aliphatic rings. The van der Waals surface area contributed by atoms with Gasteiger partial charge >= 0.3 is 0 Å². The lowest BCUT2D eigenvalue weighted by molar-refractivity contribution is 0.0682. The number of methoxy groups -OCH3 is 2. The van der Waals surface area contributed by atoms with Gasteiger partial charge in [0.2, 0.25) is 0 Å². The quantitative estimate of drug-likeness (QED) is 0.474. The fraction of sp³-hybridized carbons (Fsp3) is 0.423. The summed E-state index contributed by atoms with van der Waals surface area (Å²) in [4.78, 5) is 31.2. The molecular weight excluding hydrogens is 434 g/mol. The maximum Gasteiger partial charge on any atom is 0.287 e. The second-order valence-corrected chi connectivity index (χ2v) is 8.58. The Morgan fingerprint density at radius 1 is 1.12 bits per heavy atom. The van der Waals surface area contributed by atoms with Crippen LogP contribution in [0.15, 0.2) is 47.1 Å². The first-order chi connectivity index (χ1) is 16.6. The van der Waals surface area contributed by atoms with E-state index in [0.717, 1.165) is 50.6 Å². The number of likely N-dealkylation sites (tertiary alicyclic amines) is 1. The number of rotatable bonds is 9. The molecule has 8 nitrogen and oxygen atoms in total. The van der Waals surface area contributed by atoms with E-state index in [-0.39, 0.29) is 11.8 Å². The van der Waals surface area contributed by atoms with E-state index in [2.05, 4.69) is 10.3 Å². The van der Waals surface area contributed by atoms with Gasteiger partial charge in [0.25, 0.3) is 11.8 Å². The van der Waals surface area contributed by atoms with Crippen molar-refractivity contribution in [3.8, 4) is 11.5 Å². The molecule has 1 saturated heterocycles. The number of amides is 2. The lowest BCUT2D eigenvalue weighted by atomic mass is 9.91. The molecule has 0 bridgehead atoms. The minimum atomic E-state index is -0.197. The molecule has 0 radical (unpaired) electrons. The summed E-state index contributed by atoms with van der Waals surface area (Å²) in [6.45, 7) is 2.11. The van der Waals surface area contributed by atoms with Crippen molar-refractivity contribution >= 4 is 22.8 Å². The number of nitrogens with zero attached hydrogens (tertiary/aromatic N) is 2. The number of pyridine rings is 1. The highest BCUT2D eigenvalue weighted by Gasteiger charge is 2.25. The highest BCUT2D eigenvalue weighted by Crippen LogP contribution is 2.28. The van der Waals surface area contributed by atoms with Crippen molar-refractivity contribution in [1.82, 2.24) is 15.2 Å². The Hall–Kier alpha value is -3.55. The minimum Gasteiger partial charge on any atom is -0.497 e. The summed E-state index contributed by atoms with van der Waals surface area (Å²) in [5, 5.41) is 3.80. The second-order valence-electron chi connectivity index (χ2n) is 8.58. The third kappa shape index (κ3) is 5.50. The normalized spacial score (nSPS) is 14.2. The Morgan fingerprint density at radius 3 is 2.68 bits per heavy atom. The summed E-state index contributed by atoms with van der Waals surface area (Å²) in [5.74, 6) is 1.92. The van der Waals surface area contributed by atoms with Crippen molar-refractivity contribution in [1.29, 1.82) is 0 Å². The molecule has 1 aliphatic heterocycles. The maximum atomic E-state index is 13.0. The molecular formula is C26H31N3O5. The largest absolute Gasteiger partial charge is 0.497 e. The first-order valence-corrected chi connectivity index (χ1v) is 11.7. The van der Waals surface area contributed by atoms with Crippen molar-refractivity contribution < 1.29 is 23.5 Å². The molecule has 1 N–H and O–H groups in total. The molecule has 180 valence electrons. The Kier molecular flexibility index (Phi) is 7.67. The number of nitrogens with one attached hydrogen (secondary N) is 1.